The fourth-order valence-electron chi connectivity index (χ4n) is 1.42. The number of carboxylic acid groups (broad SMARTS) is 1. The number of pyridine rings is 1. The van der Waals surface area contributed by atoms with Gasteiger partial charge in [0.2, 0.25) is 0 Å². The molecule has 0 radical (unpaired) electrons. The summed E-state index contributed by atoms with van der Waals surface area (Å²) in [7, 11) is 0. The zero-order valence-corrected chi connectivity index (χ0v) is 10.6. The van der Waals surface area contributed by atoms with Gasteiger partial charge in [-0.2, -0.15) is 0 Å². The van der Waals surface area contributed by atoms with E-state index in [1.165, 1.54) is 12.3 Å². The molecule has 0 aliphatic rings. The molecule has 0 bridgehead atoms. The number of hydrogen-bond acceptors (Lipinski definition) is 5. The Morgan fingerprint density at radius 2 is 2.14 bits per heavy atom. The van der Waals surface area contributed by atoms with Crippen molar-refractivity contribution in [1.29, 1.82) is 0 Å². The number of rotatable bonds is 4. The quantitative estimate of drug-likeness (QED) is 0.703. The van der Waals surface area contributed by atoms with E-state index in [-0.39, 0.29) is 11.5 Å². The smallest absolute Gasteiger partial charge is 0.328 e. The van der Waals surface area contributed by atoms with Gasteiger partial charge in [-0.3, -0.25) is 9.59 Å². The monoisotopic (exact) mass is 286 g/mol. The number of anilines is 1. The summed E-state index contributed by atoms with van der Waals surface area (Å²) in [6, 6.07) is 4.75. The number of aromatic nitrogens is 3. The highest BCUT2D eigenvalue weighted by molar-refractivity contribution is 6.02. The van der Waals surface area contributed by atoms with Gasteiger partial charge >= 0.3 is 5.97 Å². The summed E-state index contributed by atoms with van der Waals surface area (Å²) in [6.45, 7) is 0. The average molecular weight is 286 g/mol. The second kappa shape index (κ2) is 6.24. The molecule has 0 spiro atoms. The maximum Gasteiger partial charge on any atom is 0.328 e. The van der Waals surface area contributed by atoms with Gasteiger partial charge in [0, 0.05) is 12.3 Å². The number of carbonyl (C=O) groups is 2. The molecule has 2 aromatic rings. The Bertz CT molecular complexity index is 746. The number of carboxylic acids is 1. The fourth-order valence-corrected chi connectivity index (χ4v) is 1.42. The first-order chi connectivity index (χ1) is 10.0. The van der Waals surface area contributed by atoms with Crippen LogP contribution in [0.1, 0.15) is 16.2 Å². The topological polar surface area (TPSA) is 125 Å². The highest BCUT2D eigenvalue weighted by atomic mass is 16.4. The molecule has 0 saturated heterocycles. The molecule has 21 heavy (non-hydrogen) atoms. The van der Waals surface area contributed by atoms with Crippen molar-refractivity contribution in [3.63, 3.8) is 0 Å². The van der Waals surface area contributed by atoms with Crippen LogP contribution >= 0.6 is 0 Å². The molecule has 0 aliphatic heterocycles. The van der Waals surface area contributed by atoms with Gasteiger partial charge < -0.3 is 15.4 Å². The Labute approximate surface area is 118 Å². The van der Waals surface area contributed by atoms with Crippen LogP contribution < -0.4 is 10.9 Å². The predicted molar refractivity (Wildman–Crippen MR) is 73.7 cm³/mol. The van der Waals surface area contributed by atoms with Crippen LogP contribution in [0.2, 0.25) is 0 Å². The second-order valence-corrected chi connectivity index (χ2v) is 3.87. The molecule has 0 saturated carbocycles. The molecule has 0 fully saturated rings. The van der Waals surface area contributed by atoms with E-state index in [2.05, 4.69) is 20.3 Å². The summed E-state index contributed by atoms with van der Waals surface area (Å²) in [6.07, 6.45) is 4.42. The zero-order chi connectivity index (χ0) is 15.2. The van der Waals surface area contributed by atoms with Crippen LogP contribution in [0.4, 0.5) is 5.82 Å². The summed E-state index contributed by atoms with van der Waals surface area (Å²) in [5.74, 6) is -1.40. The fraction of sp³-hybridized carbons (Fsp3) is 0. The molecule has 0 aromatic carbocycles. The molecular weight excluding hydrogens is 276 g/mol. The third-order valence-electron chi connectivity index (χ3n) is 2.31. The van der Waals surface area contributed by atoms with Crippen molar-refractivity contribution in [2.75, 3.05) is 5.32 Å². The molecule has 0 unspecified atom stereocenters. The Kier molecular flexibility index (Phi) is 4.20. The van der Waals surface area contributed by atoms with E-state index in [1.807, 2.05) is 0 Å². The number of amides is 1. The molecule has 0 aliphatic carbocycles. The van der Waals surface area contributed by atoms with Gasteiger partial charge in [-0.25, -0.2) is 14.8 Å². The lowest BCUT2D eigenvalue weighted by atomic mass is 10.3. The number of aromatic amines is 1. The van der Waals surface area contributed by atoms with Crippen molar-refractivity contribution in [2.24, 2.45) is 0 Å². The molecule has 8 nitrogen and oxygen atoms in total. The molecule has 3 N–H and O–H groups in total. The lowest BCUT2D eigenvalue weighted by Crippen LogP contribution is -2.17. The van der Waals surface area contributed by atoms with Crippen LogP contribution in [0, 0.1) is 0 Å². The van der Waals surface area contributed by atoms with E-state index in [9.17, 15) is 14.4 Å². The largest absolute Gasteiger partial charge is 0.478 e. The minimum absolute atomic E-state index is 0.0304. The van der Waals surface area contributed by atoms with Crippen LogP contribution in [-0.4, -0.2) is 31.9 Å². The highest BCUT2D eigenvalue weighted by Crippen LogP contribution is 2.07. The van der Waals surface area contributed by atoms with Crippen LogP contribution in [0.15, 0.2) is 41.5 Å². The number of carbonyl (C=O) groups excluding carboxylic acids is 1. The van der Waals surface area contributed by atoms with Crippen molar-refractivity contribution < 1.29 is 14.7 Å². The predicted octanol–water partition coefficient (Wildman–Crippen LogP) is 0.515. The molecule has 8 heteroatoms. The summed E-state index contributed by atoms with van der Waals surface area (Å²) < 4.78 is 0. The molecule has 2 rings (SSSR count). The second-order valence-electron chi connectivity index (χ2n) is 3.87. The molecular formula is C13H10N4O4. The van der Waals surface area contributed by atoms with Crippen molar-refractivity contribution in [3.05, 3.63) is 58.4 Å². The van der Waals surface area contributed by atoms with Gasteiger partial charge in [0.25, 0.3) is 11.5 Å². The SMILES string of the molecule is O=C(O)C=Cc1cccc(NC(=O)c2c[nH]c(=O)cn2)n1. The Morgan fingerprint density at radius 1 is 1.33 bits per heavy atom. The van der Waals surface area contributed by atoms with E-state index in [0.29, 0.717) is 5.69 Å². The van der Waals surface area contributed by atoms with Crippen molar-refractivity contribution >= 4 is 23.8 Å². The third-order valence-corrected chi connectivity index (χ3v) is 2.31. The minimum atomic E-state index is -1.09. The van der Waals surface area contributed by atoms with Crippen molar-refractivity contribution in [2.45, 2.75) is 0 Å². The number of hydrogen-bond donors (Lipinski definition) is 3. The van der Waals surface area contributed by atoms with Crippen LogP contribution in [0.25, 0.3) is 6.08 Å². The van der Waals surface area contributed by atoms with Gasteiger partial charge in [0.15, 0.2) is 0 Å². The first kappa shape index (κ1) is 14.1. The number of H-pyrrole nitrogens is 1. The van der Waals surface area contributed by atoms with E-state index in [1.54, 1.807) is 18.2 Å². The van der Waals surface area contributed by atoms with Crippen LogP contribution in [0.3, 0.4) is 0 Å². The first-order valence-electron chi connectivity index (χ1n) is 5.79. The van der Waals surface area contributed by atoms with Crippen LogP contribution in [-0.2, 0) is 4.79 Å². The molecule has 0 atom stereocenters. The highest BCUT2D eigenvalue weighted by Gasteiger charge is 2.08. The molecule has 1 amide bonds. The Hall–Kier alpha value is -3.29. The van der Waals surface area contributed by atoms with Crippen molar-refractivity contribution in [1.82, 2.24) is 15.0 Å². The standard InChI is InChI=1S/C13H10N4O4/c18-11-7-14-9(6-15-11)13(21)17-10-3-1-2-8(16-10)4-5-12(19)20/h1-7H,(H,15,18)(H,19,20)(H,16,17,21). The van der Waals surface area contributed by atoms with E-state index >= 15 is 0 Å². The van der Waals surface area contributed by atoms with Crippen molar-refractivity contribution in [3.8, 4) is 0 Å². The third kappa shape index (κ3) is 4.10. The lowest BCUT2D eigenvalue weighted by molar-refractivity contribution is -0.131. The average Bonchev–Trinajstić information content (AvgIpc) is 2.46. The Morgan fingerprint density at radius 3 is 2.81 bits per heavy atom. The summed E-state index contributed by atoms with van der Waals surface area (Å²) in [5, 5.41) is 11.0. The summed E-state index contributed by atoms with van der Waals surface area (Å²) in [4.78, 5) is 43.2. The van der Waals surface area contributed by atoms with Crippen LogP contribution in [0.5, 0.6) is 0 Å². The van der Waals surface area contributed by atoms with Gasteiger partial charge in [-0.15, -0.1) is 0 Å². The minimum Gasteiger partial charge on any atom is -0.478 e. The summed E-state index contributed by atoms with van der Waals surface area (Å²) >= 11 is 0. The first-order valence-corrected chi connectivity index (χ1v) is 5.79. The maximum absolute atomic E-state index is 11.9. The van der Waals surface area contributed by atoms with Gasteiger partial charge in [-0.1, -0.05) is 6.07 Å². The van der Waals surface area contributed by atoms with E-state index in [4.69, 9.17) is 5.11 Å². The normalized spacial score (nSPS) is 10.5. The van der Waals surface area contributed by atoms with Gasteiger partial charge in [0.1, 0.15) is 11.5 Å². The Balaban J connectivity index is 2.14. The van der Waals surface area contributed by atoms with E-state index in [0.717, 1.165) is 12.3 Å². The molecule has 2 aromatic heterocycles. The maximum atomic E-state index is 11.9. The molecule has 2 heterocycles. The molecule has 106 valence electrons. The zero-order valence-electron chi connectivity index (χ0n) is 10.6. The van der Waals surface area contributed by atoms with Gasteiger partial charge in [-0.05, 0) is 18.2 Å². The summed E-state index contributed by atoms with van der Waals surface area (Å²) in [5.41, 5.74) is -0.00186. The van der Waals surface area contributed by atoms with E-state index < -0.39 is 17.4 Å². The number of aliphatic carboxylic acids is 1. The number of nitrogens with zero attached hydrogens (tertiary/aromatic N) is 2. The lowest BCUT2D eigenvalue weighted by Gasteiger charge is -2.04. The number of nitrogens with one attached hydrogen (secondary N) is 2. The van der Waals surface area contributed by atoms with Gasteiger partial charge in [0.05, 0.1) is 11.9 Å².